The zero-order valence-corrected chi connectivity index (χ0v) is 50.0. The highest BCUT2D eigenvalue weighted by Gasteiger charge is 2.41. The standard InChI is InChI=1S/C77H82O2Si/c1-9-11-13-15-17-19-54-78-76-49-37-67(38-50-76)23-21-63-29-41-72(42-30-63)74-45-33-65(34-46-74)25-27-69-57-70(59-71(58-69)53-56-80(60(3)4,61(5)6)62(7)8)28-26-66-35-47-75(48-36-66)73-43-31-64(32-44-73)22-24-68-39-51-77(52-40-68)79-55-20-18-16-14-12-10-2/h29-52,57-62H,9-20,54-55H2,1-8H3. The molecule has 0 fully saturated rings. The van der Waals surface area contributed by atoms with Gasteiger partial charge < -0.3 is 9.47 Å². The number of ether oxygens (including phenoxy) is 2. The molecule has 0 aliphatic rings. The van der Waals surface area contributed by atoms with Gasteiger partial charge in [0.25, 0.3) is 0 Å². The lowest BCUT2D eigenvalue weighted by Crippen LogP contribution is -2.43. The van der Waals surface area contributed by atoms with Crippen LogP contribution in [0.4, 0.5) is 0 Å². The van der Waals surface area contributed by atoms with Gasteiger partial charge in [-0.2, -0.15) is 0 Å². The van der Waals surface area contributed by atoms with Crippen molar-refractivity contribution in [3.63, 3.8) is 0 Å². The third kappa shape index (κ3) is 18.6. The summed E-state index contributed by atoms with van der Waals surface area (Å²) in [5.74, 6) is 32.6. The molecule has 0 atom stereocenters. The van der Waals surface area contributed by atoms with Crippen molar-refractivity contribution in [2.75, 3.05) is 13.2 Å². The summed E-state index contributed by atoms with van der Waals surface area (Å²) in [7, 11) is -1.97. The second-order valence-corrected chi connectivity index (χ2v) is 27.6. The first-order chi connectivity index (χ1) is 39.0. The number of unbranched alkanes of at least 4 members (excludes halogenated alkanes) is 10. The van der Waals surface area contributed by atoms with E-state index in [-0.39, 0.29) is 0 Å². The number of rotatable bonds is 21. The maximum absolute atomic E-state index is 5.96. The van der Waals surface area contributed by atoms with Gasteiger partial charge in [-0.05, 0) is 167 Å². The summed E-state index contributed by atoms with van der Waals surface area (Å²) >= 11 is 0. The quantitative estimate of drug-likeness (QED) is 0.0406. The minimum atomic E-state index is -1.97. The van der Waals surface area contributed by atoms with Crippen molar-refractivity contribution >= 4 is 8.07 Å². The topological polar surface area (TPSA) is 18.5 Å². The van der Waals surface area contributed by atoms with Gasteiger partial charge in [0.1, 0.15) is 19.6 Å². The van der Waals surface area contributed by atoms with Crippen molar-refractivity contribution in [2.45, 2.75) is 149 Å². The van der Waals surface area contributed by atoms with Crippen molar-refractivity contribution in [1.29, 1.82) is 0 Å². The Bertz CT molecular complexity index is 3130. The van der Waals surface area contributed by atoms with Gasteiger partial charge in [0.05, 0.1) is 13.2 Å². The Morgan fingerprint density at radius 1 is 0.287 bits per heavy atom. The Labute approximate surface area is 483 Å². The molecule has 7 aromatic rings. The minimum absolute atomic E-state index is 0.532. The van der Waals surface area contributed by atoms with E-state index < -0.39 is 8.07 Å². The molecule has 0 saturated heterocycles. The minimum Gasteiger partial charge on any atom is -0.494 e. The zero-order valence-electron chi connectivity index (χ0n) is 49.0. The van der Waals surface area contributed by atoms with Crippen LogP contribution in [0.15, 0.2) is 164 Å². The summed E-state index contributed by atoms with van der Waals surface area (Å²) in [6.45, 7) is 20.2. The SMILES string of the molecule is CCCCCCCCOc1ccc(C#Cc2ccc(-c3ccc(C#Cc4cc(C#Cc5ccc(-c6ccc(C#Cc7ccc(OCCCCCCCC)cc7)cc6)cc5)cc(C#C[Si](C(C)C)(C(C)C)C(C)C)c4)cc3)cc2)cc1. The second-order valence-electron chi connectivity index (χ2n) is 22.0. The van der Waals surface area contributed by atoms with E-state index >= 15 is 0 Å². The molecule has 0 N–H and O–H groups in total. The molecule has 0 saturated carbocycles. The van der Waals surface area contributed by atoms with E-state index in [1.54, 1.807) is 0 Å². The molecule has 0 aromatic heterocycles. The molecule has 7 rings (SSSR count). The van der Waals surface area contributed by atoms with Crippen LogP contribution in [0, 0.1) is 58.8 Å². The molecule has 0 spiro atoms. The van der Waals surface area contributed by atoms with E-state index in [0.29, 0.717) is 16.6 Å². The lowest BCUT2D eigenvalue weighted by Gasteiger charge is -2.38. The maximum atomic E-state index is 5.96. The van der Waals surface area contributed by atoms with E-state index in [4.69, 9.17) is 9.47 Å². The Morgan fingerprint density at radius 3 is 0.800 bits per heavy atom. The van der Waals surface area contributed by atoms with E-state index in [2.05, 4.69) is 229 Å². The molecule has 406 valence electrons. The fourth-order valence-electron chi connectivity index (χ4n) is 10.4. The van der Waals surface area contributed by atoms with Crippen LogP contribution in [-0.4, -0.2) is 21.3 Å². The molecule has 3 heteroatoms. The Hall–Kier alpha value is -7.84. The largest absolute Gasteiger partial charge is 0.494 e. The molecule has 7 aromatic carbocycles. The van der Waals surface area contributed by atoms with Gasteiger partial charge in [-0.25, -0.2) is 0 Å². The first-order valence-corrected chi connectivity index (χ1v) is 31.9. The van der Waals surface area contributed by atoms with Crippen molar-refractivity contribution in [3.8, 4) is 92.6 Å². The van der Waals surface area contributed by atoms with Crippen LogP contribution in [0.1, 0.15) is 183 Å². The summed E-state index contributed by atoms with van der Waals surface area (Å²) in [6, 6.07) is 56.3. The zero-order chi connectivity index (χ0) is 56.4. The summed E-state index contributed by atoms with van der Waals surface area (Å²) in [5, 5.41) is 0. The predicted octanol–water partition coefficient (Wildman–Crippen LogP) is 19.7. The van der Waals surface area contributed by atoms with Crippen molar-refractivity contribution < 1.29 is 9.47 Å². The van der Waals surface area contributed by atoms with Crippen molar-refractivity contribution in [1.82, 2.24) is 0 Å². The Balaban J connectivity index is 0.999. The smallest absolute Gasteiger partial charge is 0.146 e. The number of hydrogen-bond acceptors (Lipinski definition) is 2. The highest BCUT2D eigenvalue weighted by Crippen LogP contribution is 2.41. The van der Waals surface area contributed by atoms with Crippen LogP contribution in [-0.2, 0) is 0 Å². The van der Waals surface area contributed by atoms with Crippen LogP contribution in [0.5, 0.6) is 11.5 Å². The summed E-state index contributed by atoms with van der Waals surface area (Å²) < 4.78 is 11.9. The molecule has 2 nitrogen and oxygen atoms in total. The highest BCUT2D eigenvalue weighted by atomic mass is 28.3. The van der Waals surface area contributed by atoms with Crippen LogP contribution < -0.4 is 9.47 Å². The van der Waals surface area contributed by atoms with Crippen LogP contribution >= 0.6 is 0 Å². The fourth-order valence-corrected chi connectivity index (χ4v) is 15.7. The van der Waals surface area contributed by atoms with E-state index in [1.165, 1.54) is 64.2 Å². The molecule has 0 amide bonds. The Kier molecular flexibility index (Phi) is 23.7. The average molecular weight is 1070 g/mol. The molecule has 0 aliphatic heterocycles. The fraction of sp³-hybridized carbons (Fsp3) is 0.325. The maximum Gasteiger partial charge on any atom is 0.146 e. The van der Waals surface area contributed by atoms with Crippen molar-refractivity contribution in [3.05, 3.63) is 214 Å². The summed E-state index contributed by atoms with van der Waals surface area (Å²) in [6.07, 6.45) is 15.1. The first kappa shape index (κ1) is 59.8. The second kappa shape index (κ2) is 31.7. The predicted molar refractivity (Wildman–Crippen MR) is 343 cm³/mol. The van der Waals surface area contributed by atoms with Gasteiger partial charge in [-0.1, -0.05) is 221 Å². The molecule has 0 heterocycles. The van der Waals surface area contributed by atoms with Crippen molar-refractivity contribution in [2.24, 2.45) is 0 Å². The molecular formula is C77H82O2Si. The van der Waals surface area contributed by atoms with E-state index in [1.807, 2.05) is 48.5 Å². The molecule has 0 bridgehead atoms. The molecule has 0 unspecified atom stereocenters. The lowest BCUT2D eigenvalue weighted by molar-refractivity contribution is 0.304. The van der Waals surface area contributed by atoms with E-state index in [0.717, 1.165) is 110 Å². The highest BCUT2D eigenvalue weighted by molar-refractivity contribution is 6.90. The average Bonchev–Trinajstić information content (AvgIpc) is 3.49. The Morgan fingerprint density at radius 2 is 0.525 bits per heavy atom. The van der Waals surface area contributed by atoms with Crippen LogP contribution in [0.25, 0.3) is 22.3 Å². The first-order valence-electron chi connectivity index (χ1n) is 29.6. The third-order valence-corrected chi connectivity index (χ3v) is 21.4. The molecule has 0 radical (unpaired) electrons. The third-order valence-electron chi connectivity index (χ3n) is 15.1. The summed E-state index contributed by atoms with van der Waals surface area (Å²) in [4.78, 5) is 0. The molecular weight excluding hydrogens is 985 g/mol. The monoisotopic (exact) mass is 1070 g/mol. The number of hydrogen-bond donors (Lipinski definition) is 0. The van der Waals surface area contributed by atoms with Gasteiger partial charge in [0, 0.05) is 50.1 Å². The van der Waals surface area contributed by atoms with Crippen LogP contribution in [0.2, 0.25) is 16.6 Å². The summed E-state index contributed by atoms with van der Waals surface area (Å²) in [5.41, 5.74) is 18.6. The van der Waals surface area contributed by atoms with E-state index in [9.17, 15) is 0 Å². The van der Waals surface area contributed by atoms with Gasteiger partial charge in [0.15, 0.2) is 0 Å². The normalized spacial score (nSPS) is 10.8. The van der Waals surface area contributed by atoms with Gasteiger partial charge in [-0.3, -0.25) is 0 Å². The number of benzene rings is 7. The molecule has 80 heavy (non-hydrogen) atoms. The van der Waals surface area contributed by atoms with Gasteiger partial charge in [0.2, 0.25) is 0 Å². The lowest BCUT2D eigenvalue weighted by atomic mass is 10.0. The van der Waals surface area contributed by atoms with Gasteiger partial charge in [-0.15, -0.1) is 5.54 Å². The van der Waals surface area contributed by atoms with Gasteiger partial charge >= 0.3 is 0 Å². The molecule has 0 aliphatic carbocycles. The van der Waals surface area contributed by atoms with Crippen LogP contribution in [0.3, 0.4) is 0 Å².